The highest BCUT2D eigenvalue weighted by atomic mass is 16.5. The lowest BCUT2D eigenvalue weighted by molar-refractivity contribution is 0.330. The Morgan fingerprint density at radius 1 is 1.33 bits per heavy atom. The van der Waals surface area contributed by atoms with Crippen LogP contribution >= 0.6 is 0 Å². The van der Waals surface area contributed by atoms with Crippen molar-refractivity contribution in [1.82, 2.24) is 5.32 Å². The van der Waals surface area contributed by atoms with Gasteiger partial charge < -0.3 is 14.8 Å². The van der Waals surface area contributed by atoms with Gasteiger partial charge in [-0.05, 0) is 30.2 Å². The van der Waals surface area contributed by atoms with Crippen LogP contribution in [-0.4, -0.2) is 20.3 Å². The standard InChI is InChI=1S/C15H21NO2/c1-5-8-18-14-7-6-13(9-15(14)17-4)11-16-10-12(2)3/h1,6-7,9,12,16H,8,10-11H2,2-4H3. The number of methoxy groups -OCH3 is 1. The third kappa shape index (κ3) is 4.68. The predicted molar refractivity (Wildman–Crippen MR) is 73.9 cm³/mol. The Bertz CT molecular complexity index is 407. The van der Waals surface area contributed by atoms with Crippen LogP contribution < -0.4 is 14.8 Å². The number of ether oxygens (including phenoxy) is 2. The Labute approximate surface area is 109 Å². The topological polar surface area (TPSA) is 30.5 Å². The summed E-state index contributed by atoms with van der Waals surface area (Å²) in [5.41, 5.74) is 1.17. The van der Waals surface area contributed by atoms with E-state index in [2.05, 4.69) is 25.1 Å². The summed E-state index contributed by atoms with van der Waals surface area (Å²) in [6.07, 6.45) is 5.17. The highest BCUT2D eigenvalue weighted by Crippen LogP contribution is 2.27. The van der Waals surface area contributed by atoms with E-state index >= 15 is 0 Å². The van der Waals surface area contributed by atoms with Gasteiger partial charge in [-0.1, -0.05) is 25.8 Å². The molecule has 1 rings (SSSR count). The molecule has 0 heterocycles. The van der Waals surface area contributed by atoms with Crippen molar-refractivity contribution in [2.75, 3.05) is 20.3 Å². The fraction of sp³-hybridized carbons (Fsp3) is 0.467. The second kappa shape index (κ2) is 7.62. The van der Waals surface area contributed by atoms with Crippen molar-refractivity contribution in [3.8, 4) is 23.8 Å². The minimum absolute atomic E-state index is 0.251. The van der Waals surface area contributed by atoms with Gasteiger partial charge in [-0.2, -0.15) is 0 Å². The second-order valence-electron chi connectivity index (χ2n) is 4.50. The number of rotatable bonds is 7. The number of terminal acetylenes is 1. The summed E-state index contributed by atoms with van der Waals surface area (Å²) in [5.74, 6) is 4.48. The summed E-state index contributed by atoms with van der Waals surface area (Å²) in [7, 11) is 1.63. The Hall–Kier alpha value is -1.66. The monoisotopic (exact) mass is 247 g/mol. The third-order valence-corrected chi connectivity index (χ3v) is 2.42. The quantitative estimate of drug-likeness (QED) is 0.751. The zero-order chi connectivity index (χ0) is 13.4. The first-order valence-electron chi connectivity index (χ1n) is 6.11. The summed E-state index contributed by atoms with van der Waals surface area (Å²) in [4.78, 5) is 0. The number of benzene rings is 1. The van der Waals surface area contributed by atoms with E-state index in [0.29, 0.717) is 17.4 Å². The molecule has 0 saturated heterocycles. The lowest BCUT2D eigenvalue weighted by Gasteiger charge is -2.12. The van der Waals surface area contributed by atoms with Gasteiger partial charge in [0.25, 0.3) is 0 Å². The maximum atomic E-state index is 5.39. The van der Waals surface area contributed by atoms with Crippen molar-refractivity contribution >= 4 is 0 Å². The van der Waals surface area contributed by atoms with E-state index in [1.165, 1.54) is 5.56 Å². The maximum Gasteiger partial charge on any atom is 0.162 e. The van der Waals surface area contributed by atoms with Crippen LogP contribution in [0, 0.1) is 18.3 Å². The molecule has 0 unspecified atom stereocenters. The Morgan fingerprint density at radius 3 is 2.72 bits per heavy atom. The van der Waals surface area contributed by atoms with Crippen LogP contribution in [0.25, 0.3) is 0 Å². The lowest BCUT2D eigenvalue weighted by Crippen LogP contribution is -2.18. The van der Waals surface area contributed by atoms with Gasteiger partial charge in [0.15, 0.2) is 11.5 Å². The van der Waals surface area contributed by atoms with Crippen LogP contribution in [0.1, 0.15) is 19.4 Å². The Morgan fingerprint density at radius 2 is 2.11 bits per heavy atom. The van der Waals surface area contributed by atoms with Crippen molar-refractivity contribution in [3.63, 3.8) is 0 Å². The summed E-state index contributed by atoms with van der Waals surface area (Å²) < 4.78 is 10.7. The Balaban J connectivity index is 2.64. The molecular weight excluding hydrogens is 226 g/mol. The van der Waals surface area contributed by atoms with Gasteiger partial charge in [0, 0.05) is 6.54 Å². The van der Waals surface area contributed by atoms with Crippen LogP contribution in [0.3, 0.4) is 0 Å². The average Bonchev–Trinajstić information content (AvgIpc) is 2.36. The molecule has 0 saturated carbocycles. The molecular formula is C15H21NO2. The maximum absolute atomic E-state index is 5.39. The van der Waals surface area contributed by atoms with Crippen molar-refractivity contribution < 1.29 is 9.47 Å². The molecule has 0 bridgehead atoms. The van der Waals surface area contributed by atoms with Crippen LogP contribution in [0.4, 0.5) is 0 Å². The van der Waals surface area contributed by atoms with Gasteiger partial charge >= 0.3 is 0 Å². The number of hydrogen-bond acceptors (Lipinski definition) is 3. The summed E-state index contributed by atoms with van der Waals surface area (Å²) in [6.45, 7) is 6.44. The van der Waals surface area contributed by atoms with Gasteiger partial charge in [0.1, 0.15) is 6.61 Å². The van der Waals surface area contributed by atoms with E-state index in [1.807, 2.05) is 18.2 Å². The molecule has 1 aromatic rings. The SMILES string of the molecule is C#CCOc1ccc(CNCC(C)C)cc1OC. The molecule has 0 aliphatic heterocycles. The van der Waals surface area contributed by atoms with Gasteiger partial charge in [-0.25, -0.2) is 0 Å². The molecule has 0 aliphatic carbocycles. The molecule has 0 radical (unpaired) electrons. The highest BCUT2D eigenvalue weighted by Gasteiger charge is 2.05. The number of nitrogens with one attached hydrogen (secondary N) is 1. The first-order chi connectivity index (χ1) is 8.67. The second-order valence-corrected chi connectivity index (χ2v) is 4.50. The summed E-state index contributed by atoms with van der Waals surface area (Å²) in [5, 5.41) is 3.39. The summed E-state index contributed by atoms with van der Waals surface area (Å²) >= 11 is 0. The normalized spacial score (nSPS) is 10.2. The van der Waals surface area contributed by atoms with Crippen molar-refractivity contribution in [1.29, 1.82) is 0 Å². The predicted octanol–water partition coefficient (Wildman–Crippen LogP) is 2.45. The zero-order valence-electron chi connectivity index (χ0n) is 11.3. The average molecular weight is 247 g/mol. The van der Waals surface area contributed by atoms with Crippen LogP contribution in [0.15, 0.2) is 18.2 Å². The molecule has 3 heteroatoms. The summed E-state index contributed by atoms with van der Waals surface area (Å²) in [6, 6.07) is 5.88. The Kier molecular flexibility index (Phi) is 6.10. The third-order valence-electron chi connectivity index (χ3n) is 2.42. The molecule has 1 N–H and O–H groups in total. The van der Waals surface area contributed by atoms with E-state index in [1.54, 1.807) is 7.11 Å². The van der Waals surface area contributed by atoms with E-state index in [9.17, 15) is 0 Å². The molecule has 0 atom stereocenters. The minimum atomic E-state index is 0.251. The van der Waals surface area contributed by atoms with Gasteiger partial charge in [-0.15, -0.1) is 6.42 Å². The fourth-order valence-electron chi connectivity index (χ4n) is 1.57. The highest BCUT2D eigenvalue weighted by molar-refractivity contribution is 5.43. The first-order valence-corrected chi connectivity index (χ1v) is 6.11. The number of hydrogen-bond donors (Lipinski definition) is 1. The molecule has 98 valence electrons. The molecule has 18 heavy (non-hydrogen) atoms. The van der Waals surface area contributed by atoms with Crippen LogP contribution in [0.5, 0.6) is 11.5 Å². The molecule has 0 amide bonds. The zero-order valence-corrected chi connectivity index (χ0v) is 11.3. The van der Waals surface area contributed by atoms with E-state index in [-0.39, 0.29) is 6.61 Å². The fourth-order valence-corrected chi connectivity index (χ4v) is 1.57. The van der Waals surface area contributed by atoms with Crippen molar-refractivity contribution in [2.45, 2.75) is 20.4 Å². The molecule has 0 aliphatic rings. The molecule has 1 aromatic carbocycles. The van der Waals surface area contributed by atoms with Crippen LogP contribution in [0.2, 0.25) is 0 Å². The van der Waals surface area contributed by atoms with Gasteiger partial charge in [0.2, 0.25) is 0 Å². The van der Waals surface area contributed by atoms with Crippen molar-refractivity contribution in [3.05, 3.63) is 23.8 Å². The largest absolute Gasteiger partial charge is 0.493 e. The van der Waals surface area contributed by atoms with E-state index < -0.39 is 0 Å². The van der Waals surface area contributed by atoms with Gasteiger partial charge in [-0.3, -0.25) is 0 Å². The van der Waals surface area contributed by atoms with Gasteiger partial charge in [0.05, 0.1) is 7.11 Å². The van der Waals surface area contributed by atoms with Crippen molar-refractivity contribution in [2.24, 2.45) is 5.92 Å². The first kappa shape index (κ1) is 14.4. The molecule has 0 aromatic heterocycles. The van der Waals surface area contributed by atoms with E-state index in [0.717, 1.165) is 13.1 Å². The smallest absolute Gasteiger partial charge is 0.162 e. The lowest BCUT2D eigenvalue weighted by atomic mass is 10.2. The minimum Gasteiger partial charge on any atom is -0.493 e. The molecule has 3 nitrogen and oxygen atoms in total. The van der Waals surface area contributed by atoms with Crippen LogP contribution in [-0.2, 0) is 6.54 Å². The van der Waals surface area contributed by atoms with E-state index in [4.69, 9.17) is 15.9 Å². The molecule has 0 spiro atoms. The molecule has 0 fully saturated rings.